The second kappa shape index (κ2) is 6.10. The molecule has 0 unspecified atom stereocenters. The normalized spacial score (nSPS) is 12.4. The van der Waals surface area contributed by atoms with Crippen molar-refractivity contribution in [3.05, 3.63) is 34.4 Å². The predicted molar refractivity (Wildman–Crippen MR) is 94.3 cm³/mol. The van der Waals surface area contributed by atoms with Crippen LogP contribution in [0.1, 0.15) is 0 Å². The number of benzene rings is 1. The highest BCUT2D eigenvalue weighted by molar-refractivity contribution is 6.76. The number of hydrogen-bond donors (Lipinski definition) is 0. The molecule has 128 valence electrons. The summed E-state index contributed by atoms with van der Waals surface area (Å²) in [5.74, 6) is -0.545. The molecule has 6 nitrogen and oxygen atoms in total. The molecule has 3 aromatic rings. The number of hydrogen-bond acceptors (Lipinski definition) is 4. The van der Waals surface area contributed by atoms with Crippen LogP contribution in [0.15, 0.2) is 23.0 Å². The van der Waals surface area contributed by atoms with Gasteiger partial charge >= 0.3 is 0 Å². The summed E-state index contributed by atoms with van der Waals surface area (Å²) >= 11 is 0. The molecule has 2 aromatic heterocycles. The number of aryl methyl sites for hydroxylation is 1. The average Bonchev–Trinajstić information content (AvgIpc) is 2.87. The predicted octanol–water partition coefficient (Wildman–Crippen LogP) is 2.73. The van der Waals surface area contributed by atoms with Crippen LogP contribution in [0.2, 0.25) is 25.7 Å². The van der Waals surface area contributed by atoms with Crippen molar-refractivity contribution in [1.82, 2.24) is 19.6 Å². The van der Waals surface area contributed by atoms with E-state index in [1.54, 1.807) is 23.9 Å². The quantitative estimate of drug-likeness (QED) is 0.525. The van der Waals surface area contributed by atoms with Gasteiger partial charge in [0, 0.05) is 27.1 Å². The zero-order valence-electron chi connectivity index (χ0n) is 14.3. The summed E-state index contributed by atoms with van der Waals surface area (Å²) in [7, 11) is 0.507. The molecule has 0 fully saturated rings. The largest absolute Gasteiger partial charge is 0.361 e. The van der Waals surface area contributed by atoms with E-state index in [1.807, 2.05) is 0 Å². The Morgan fingerprint density at radius 1 is 1.29 bits per heavy atom. The Kier molecular flexibility index (Phi) is 4.27. The Morgan fingerprint density at radius 3 is 2.75 bits per heavy atom. The summed E-state index contributed by atoms with van der Waals surface area (Å²) in [5, 5.41) is 8.61. The molecule has 0 aliphatic carbocycles. The van der Waals surface area contributed by atoms with Crippen LogP contribution in [0.3, 0.4) is 0 Å². The number of fused-ring (bicyclic) bond motifs is 3. The maximum Gasteiger partial charge on any atom is 0.265 e. The molecular formula is C16H21FN4O2Si. The van der Waals surface area contributed by atoms with Gasteiger partial charge in [0.05, 0.1) is 5.39 Å². The van der Waals surface area contributed by atoms with Crippen LogP contribution in [-0.2, 0) is 18.5 Å². The highest BCUT2D eigenvalue weighted by Crippen LogP contribution is 2.22. The van der Waals surface area contributed by atoms with E-state index in [1.165, 1.54) is 10.6 Å². The fraction of sp³-hybridized carbons (Fsp3) is 0.438. The zero-order valence-corrected chi connectivity index (χ0v) is 15.3. The van der Waals surface area contributed by atoms with Crippen molar-refractivity contribution in [3.63, 3.8) is 0 Å². The van der Waals surface area contributed by atoms with E-state index in [4.69, 9.17) is 4.74 Å². The molecule has 0 aliphatic heterocycles. The minimum atomic E-state index is -1.22. The van der Waals surface area contributed by atoms with Gasteiger partial charge in [0.25, 0.3) is 5.56 Å². The number of ether oxygens (including phenoxy) is 1. The lowest BCUT2D eigenvalue weighted by atomic mass is 10.1. The first-order valence-corrected chi connectivity index (χ1v) is 11.6. The molecule has 1 aromatic carbocycles. The minimum Gasteiger partial charge on any atom is -0.361 e. The average molecular weight is 348 g/mol. The topological polar surface area (TPSA) is 61.9 Å². The van der Waals surface area contributed by atoms with Crippen LogP contribution in [-0.4, -0.2) is 34.2 Å². The fourth-order valence-electron chi connectivity index (χ4n) is 2.65. The van der Waals surface area contributed by atoms with Gasteiger partial charge in [0.2, 0.25) is 0 Å². The molecule has 0 saturated heterocycles. The first kappa shape index (κ1) is 16.8. The molecule has 0 saturated carbocycles. The minimum absolute atomic E-state index is 0.0444. The standard InChI is InChI=1S/C16H21FN4O2Si/c1-20-14-11-6-5-7-12(17)13(11)16(22)21(15(14)18-19-20)10-23-8-9-24(2,3)4/h5-7H,8-10H2,1-4H3. The molecule has 0 atom stereocenters. The molecule has 0 aliphatic rings. The Hall–Kier alpha value is -2.06. The Balaban J connectivity index is 2.08. The summed E-state index contributed by atoms with van der Waals surface area (Å²) in [6.45, 7) is 7.39. The van der Waals surface area contributed by atoms with Crippen LogP contribution >= 0.6 is 0 Å². The molecule has 24 heavy (non-hydrogen) atoms. The van der Waals surface area contributed by atoms with E-state index < -0.39 is 19.5 Å². The first-order valence-electron chi connectivity index (χ1n) is 7.88. The molecule has 2 heterocycles. The van der Waals surface area contributed by atoms with E-state index in [2.05, 4.69) is 30.0 Å². The first-order chi connectivity index (χ1) is 11.3. The second-order valence-corrected chi connectivity index (χ2v) is 12.8. The molecule has 0 bridgehead atoms. The summed E-state index contributed by atoms with van der Waals surface area (Å²) in [6, 6.07) is 5.57. The lowest BCUT2D eigenvalue weighted by Gasteiger charge is -2.16. The monoisotopic (exact) mass is 348 g/mol. The summed E-state index contributed by atoms with van der Waals surface area (Å²) in [6.07, 6.45) is 0. The SMILES string of the molecule is Cn1nnc2c1c1cccc(F)c1c(=O)n2COCC[Si](C)(C)C. The molecule has 0 spiro atoms. The van der Waals surface area contributed by atoms with Gasteiger partial charge in [-0.15, -0.1) is 5.10 Å². The molecule has 0 amide bonds. The summed E-state index contributed by atoms with van der Waals surface area (Å²) < 4.78 is 22.8. The van der Waals surface area contributed by atoms with Crippen molar-refractivity contribution in [2.24, 2.45) is 7.05 Å². The molecule has 0 radical (unpaired) electrons. The van der Waals surface area contributed by atoms with E-state index >= 15 is 0 Å². The number of rotatable bonds is 5. The van der Waals surface area contributed by atoms with Crippen LogP contribution in [0.25, 0.3) is 21.9 Å². The Morgan fingerprint density at radius 2 is 2.04 bits per heavy atom. The van der Waals surface area contributed by atoms with Crippen LogP contribution in [0.4, 0.5) is 4.39 Å². The lowest BCUT2D eigenvalue weighted by molar-refractivity contribution is 0.0877. The lowest BCUT2D eigenvalue weighted by Crippen LogP contribution is -2.26. The third-order valence-electron chi connectivity index (χ3n) is 4.01. The van der Waals surface area contributed by atoms with Crippen molar-refractivity contribution >= 4 is 30.0 Å². The van der Waals surface area contributed by atoms with E-state index in [-0.39, 0.29) is 12.1 Å². The third-order valence-corrected chi connectivity index (χ3v) is 5.71. The van der Waals surface area contributed by atoms with Crippen LogP contribution in [0, 0.1) is 5.82 Å². The number of aromatic nitrogens is 4. The van der Waals surface area contributed by atoms with E-state index in [0.29, 0.717) is 23.2 Å². The third kappa shape index (κ3) is 2.99. The van der Waals surface area contributed by atoms with Crippen molar-refractivity contribution in [3.8, 4) is 0 Å². The van der Waals surface area contributed by atoms with Gasteiger partial charge in [0.15, 0.2) is 5.65 Å². The molecule has 0 N–H and O–H groups in total. The Bertz CT molecular complexity index is 958. The number of pyridine rings is 1. The van der Waals surface area contributed by atoms with Gasteiger partial charge in [-0.2, -0.15) is 0 Å². The van der Waals surface area contributed by atoms with Crippen molar-refractivity contribution in [2.75, 3.05) is 6.61 Å². The van der Waals surface area contributed by atoms with Gasteiger partial charge in [-0.3, -0.25) is 9.36 Å². The van der Waals surface area contributed by atoms with E-state index in [9.17, 15) is 9.18 Å². The van der Waals surface area contributed by atoms with Crippen LogP contribution < -0.4 is 5.56 Å². The van der Waals surface area contributed by atoms with Gasteiger partial charge in [0.1, 0.15) is 18.1 Å². The van der Waals surface area contributed by atoms with Gasteiger partial charge in [-0.05, 0) is 12.1 Å². The molecular weight excluding hydrogens is 327 g/mol. The number of nitrogens with zero attached hydrogens (tertiary/aromatic N) is 4. The smallest absolute Gasteiger partial charge is 0.265 e. The summed E-state index contributed by atoms with van der Waals surface area (Å²) in [4.78, 5) is 12.7. The van der Waals surface area contributed by atoms with E-state index in [0.717, 1.165) is 6.04 Å². The Labute approximate surface area is 139 Å². The maximum absolute atomic E-state index is 14.2. The van der Waals surface area contributed by atoms with Gasteiger partial charge < -0.3 is 4.74 Å². The van der Waals surface area contributed by atoms with Crippen molar-refractivity contribution in [2.45, 2.75) is 32.4 Å². The van der Waals surface area contributed by atoms with Crippen molar-refractivity contribution < 1.29 is 9.13 Å². The van der Waals surface area contributed by atoms with Crippen molar-refractivity contribution in [1.29, 1.82) is 0 Å². The maximum atomic E-state index is 14.2. The fourth-order valence-corrected chi connectivity index (χ4v) is 3.40. The summed E-state index contributed by atoms with van der Waals surface area (Å²) in [5.41, 5.74) is 0.593. The molecule has 8 heteroatoms. The van der Waals surface area contributed by atoms with Gasteiger partial charge in [-0.25, -0.2) is 9.07 Å². The number of halogens is 1. The highest BCUT2D eigenvalue weighted by atomic mass is 28.3. The highest BCUT2D eigenvalue weighted by Gasteiger charge is 2.18. The zero-order chi connectivity index (χ0) is 17.5. The van der Waals surface area contributed by atoms with Gasteiger partial charge in [-0.1, -0.05) is 37.0 Å². The molecule has 3 rings (SSSR count). The second-order valence-electron chi connectivity index (χ2n) is 7.13. The van der Waals surface area contributed by atoms with Crippen LogP contribution in [0.5, 0.6) is 0 Å².